The number of carboxylic acids is 1. The molecule has 8 nitrogen and oxygen atoms in total. The van der Waals surface area contributed by atoms with Crippen molar-refractivity contribution < 1.29 is 41.4 Å². The van der Waals surface area contributed by atoms with Crippen molar-refractivity contribution in [3.05, 3.63) is 47.8 Å². The summed E-state index contributed by atoms with van der Waals surface area (Å²) in [4.78, 5) is 25.9. The second-order valence-corrected chi connectivity index (χ2v) is 8.31. The lowest BCUT2D eigenvalue weighted by atomic mass is 9.84. The van der Waals surface area contributed by atoms with Crippen molar-refractivity contribution in [3.8, 4) is 0 Å². The minimum Gasteiger partial charge on any atom is -0.475 e. The lowest BCUT2D eigenvalue weighted by Crippen LogP contribution is -2.47. The number of piperidine rings is 1. The van der Waals surface area contributed by atoms with Crippen molar-refractivity contribution in [2.24, 2.45) is 11.8 Å². The lowest BCUT2D eigenvalue weighted by Gasteiger charge is -2.36. The standard InChI is InChI=1S/C20H26N2O4.C2HF3O2/c1-14-17(6-9-24-14)20(23)22-7-5-15-13-26-19(18(15)11-22)12-21(2)10-16-4-3-8-25-16;3-2(4,5)1(6)7/h3-4,6,8-9,15,18-19H,5,7,10-13H2,1-2H3;(H,6,7)/t15-,18-,19+;/m0./s1. The van der Waals surface area contributed by atoms with Crippen LogP contribution in [-0.4, -0.2) is 72.4 Å². The molecule has 2 saturated heterocycles. The molecule has 1 N–H and O–H groups in total. The number of carbonyl (C=O) groups is 2. The highest BCUT2D eigenvalue weighted by Gasteiger charge is 2.42. The summed E-state index contributed by atoms with van der Waals surface area (Å²) in [5, 5.41) is 7.12. The Morgan fingerprint density at radius 1 is 1.24 bits per heavy atom. The van der Waals surface area contributed by atoms with Gasteiger partial charge >= 0.3 is 12.1 Å². The zero-order valence-electron chi connectivity index (χ0n) is 18.4. The van der Waals surface area contributed by atoms with E-state index >= 15 is 0 Å². The van der Waals surface area contributed by atoms with Gasteiger partial charge in [0, 0.05) is 25.6 Å². The van der Waals surface area contributed by atoms with Crippen molar-refractivity contribution in [2.45, 2.75) is 32.2 Å². The van der Waals surface area contributed by atoms with E-state index in [2.05, 4.69) is 11.9 Å². The van der Waals surface area contributed by atoms with E-state index in [1.165, 1.54) is 0 Å². The van der Waals surface area contributed by atoms with Crippen LogP contribution in [0.5, 0.6) is 0 Å². The number of carboxylic acid groups (broad SMARTS) is 1. The summed E-state index contributed by atoms with van der Waals surface area (Å²) in [6.45, 7) is 5.80. The molecule has 0 radical (unpaired) electrons. The molecule has 0 aliphatic carbocycles. The summed E-state index contributed by atoms with van der Waals surface area (Å²) in [6, 6.07) is 5.67. The number of fused-ring (bicyclic) bond motifs is 1. The highest BCUT2D eigenvalue weighted by Crippen LogP contribution is 2.35. The first-order valence-electron chi connectivity index (χ1n) is 10.5. The third-order valence-electron chi connectivity index (χ3n) is 5.92. The molecule has 0 aromatic carbocycles. The van der Waals surface area contributed by atoms with E-state index in [-0.39, 0.29) is 12.0 Å². The summed E-state index contributed by atoms with van der Waals surface area (Å²) < 4.78 is 48.6. The zero-order valence-corrected chi connectivity index (χ0v) is 18.4. The molecule has 2 fully saturated rings. The third-order valence-corrected chi connectivity index (χ3v) is 5.92. The molecule has 4 rings (SSSR count). The molecule has 0 saturated carbocycles. The molecule has 0 unspecified atom stereocenters. The van der Waals surface area contributed by atoms with Gasteiger partial charge in [-0.2, -0.15) is 13.2 Å². The van der Waals surface area contributed by atoms with Crippen molar-refractivity contribution >= 4 is 11.9 Å². The quantitative estimate of drug-likeness (QED) is 0.712. The fraction of sp³-hybridized carbons (Fsp3) is 0.545. The molecule has 0 spiro atoms. The number of furan rings is 2. The number of hydrogen-bond acceptors (Lipinski definition) is 6. The van der Waals surface area contributed by atoms with E-state index in [9.17, 15) is 18.0 Å². The van der Waals surface area contributed by atoms with Gasteiger partial charge in [-0.15, -0.1) is 0 Å². The Morgan fingerprint density at radius 3 is 2.55 bits per heavy atom. The number of halogens is 3. The van der Waals surface area contributed by atoms with Crippen LogP contribution in [0.15, 0.2) is 39.6 Å². The SMILES string of the molecule is Cc1occc1C(=O)N1CC[C@H]2CO[C@H](CN(C)Cc3ccco3)[C@H]2C1.O=C(O)C(F)(F)F. The summed E-state index contributed by atoms with van der Waals surface area (Å²) in [6.07, 6.45) is -0.638. The Kier molecular flexibility index (Phi) is 7.85. The van der Waals surface area contributed by atoms with Crippen LogP contribution >= 0.6 is 0 Å². The van der Waals surface area contributed by atoms with Gasteiger partial charge in [0.15, 0.2) is 0 Å². The average molecular weight is 472 g/mol. The molecule has 2 aromatic rings. The van der Waals surface area contributed by atoms with E-state index in [1.807, 2.05) is 24.0 Å². The Hall–Kier alpha value is -2.79. The number of aliphatic carboxylic acids is 1. The maximum absolute atomic E-state index is 12.8. The molecule has 11 heteroatoms. The fourth-order valence-corrected chi connectivity index (χ4v) is 4.22. The molecule has 2 aliphatic heterocycles. The first kappa shape index (κ1) is 24.8. The topological polar surface area (TPSA) is 96.4 Å². The molecule has 4 heterocycles. The van der Waals surface area contributed by atoms with Crippen molar-refractivity contribution in [1.82, 2.24) is 9.80 Å². The van der Waals surface area contributed by atoms with Crippen LogP contribution in [0.2, 0.25) is 0 Å². The van der Waals surface area contributed by atoms with Crippen LogP contribution < -0.4 is 0 Å². The zero-order chi connectivity index (χ0) is 24.2. The number of amides is 1. The summed E-state index contributed by atoms with van der Waals surface area (Å²) in [5.74, 6) is -0.102. The van der Waals surface area contributed by atoms with Gasteiger partial charge in [0.2, 0.25) is 0 Å². The molecule has 33 heavy (non-hydrogen) atoms. The van der Waals surface area contributed by atoms with Gasteiger partial charge in [0.1, 0.15) is 11.5 Å². The van der Waals surface area contributed by atoms with Crippen LogP contribution in [0.25, 0.3) is 0 Å². The largest absolute Gasteiger partial charge is 0.490 e. The Morgan fingerprint density at radius 2 is 1.97 bits per heavy atom. The first-order chi connectivity index (χ1) is 15.6. The Balaban J connectivity index is 0.000000383. The number of ether oxygens (including phenoxy) is 1. The van der Waals surface area contributed by atoms with Crippen LogP contribution in [0.4, 0.5) is 13.2 Å². The van der Waals surface area contributed by atoms with Crippen molar-refractivity contribution in [1.29, 1.82) is 0 Å². The van der Waals surface area contributed by atoms with Crippen LogP contribution in [-0.2, 0) is 16.1 Å². The summed E-state index contributed by atoms with van der Waals surface area (Å²) in [5.41, 5.74) is 0.675. The summed E-state index contributed by atoms with van der Waals surface area (Å²) >= 11 is 0. The minimum absolute atomic E-state index is 0.0734. The van der Waals surface area contributed by atoms with Gasteiger partial charge in [0.05, 0.1) is 37.3 Å². The molecule has 182 valence electrons. The van der Waals surface area contributed by atoms with E-state index in [0.717, 1.165) is 45.0 Å². The number of rotatable bonds is 5. The predicted octanol–water partition coefficient (Wildman–Crippen LogP) is 3.42. The number of nitrogens with zero attached hydrogens (tertiary/aromatic N) is 2. The van der Waals surface area contributed by atoms with Crippen LogP contribution in [0.3, 0.4) is 0 Å². The second kappa shape index (κ2) is 10.4. The number of alkyl halides is 3. The predicted molar refractivity (Wildman–Crippen MR) is 109 cm³/mol. The first-order valence-corrected chi connectivity index (χ1v) is 10.5. The molecule has 2 aromatic heterocycles. The van der Waals surface area contributed by atoms with Gasteiger partial charge in [-0.05, 0) is 44.5 Å². The number of aryl methyl sites for hydroxylation is 1. The monoisotopic (exact) mass is 472 g/mol. The molecule has 0 bridgehead atoms. The van der Waals surface area contributed by atoms with Gasteiger partial charge in [0.25, 0.3) is 5.91 Å². The Labute approximate surface area is 188 Å². The van der Waals surface area contributed by atoms with Crippen molar-refractivity contribution in [2.75, 3.05) is 33.3 Å². The van der Waals surface area contributed by atoms with E-state index in [0.29, 0.717) is 23.2 Å². The molecular formula is C22H27F3N2O6. The maximum atomic E-state index is 12.8. The number of likely N-dealkylation sites (tertiary alicyclic amines) is 1. The van der Waals surface area contributed by atoms with Gasteiger partial charge in [-0.1, -0.05) is 0 Å². The summed E-state index contributed by atoms with van der Waals surface area (Å²) in [7, 11) is 2.08. The number of carbonyl (C=O) groups excluding carboxylic acids is 1. The van der Waals surface area contributed by atoms with E-state index < -0.39 is 12.1 Å². The number of likely N-dealkylation sites (N-methyl/N-ethyl adjacent to an activating group) is 1. The molecule has 2 aliphatic rings. The smallest absolute Gasteiger partial charge is 0.475 e. The lowest BCUT2D eigenvalue weighted by molar-refractivity contribution is -0.192. The molecule has 3 atom stereocenters. The van der Waals surface area contributed by atoms with E-state index in [1.54, 1.807) is 18.6 Å². The number of hydrogen-bond donors (Lipinski definition) is 1. The highest BCUT2D eigenvalue weighted by atomic mass is 19.4. The van der Waals surface area contributed by atoms with Gasteiger partial charge in [-0.3, -0.25) is 9.69 Å². The minimum atomic E-state index is -5.08. The third kappa shape index (κ3) is 6.38. The van der Waals surface area contributed by atoms with Crippen LogP contribution in [0, 0.1) is 18.8 Å². The van der Waals surface area contributed by atoms with E-state index in [4.69, 9.17) is 23.5 Å². The average Bonchev–Trinajstić information content (AvgIpc) is 3.49. The van der Waals surface area contributed by atoms with Gasteiger partial charge in [-0.25, -0.2) is 4.79 Å². The highest BCUT2D eigenvalue weighted by molar-refractivity contribution is 5.95. The van der Waals surface area contributed by atoms with Gasteiger partial charge < -0.3 is 23.6 Å². The van der Waals surface area contributed by atoms with Crippen molar-refractivity contribution in [3.63, 3.8) is 0 Å². The Bertz CT molecular complexity index is 927. The fourth-order valence-electron chi connectivity index (χ4n) is 4.22. The maximum Gasteiger partial charge on any atom is 0.490 e. The molecule has 1 amide bonds. The normalized spacial score (nSPS) is 22.6. The second-order valence-electron chi connectivity index (χ2n) is 8.31. The van der Waals surface area contributed by atoms with Crippen LogP contribution in [0.1, 0.15) is 28.3 Å². The molecular weight excluding hydrogens is 445 g/mol.